The van der Waals surface area contributed by atoms with Crippen LogP contribution in [0.1, 0.15) is 77.3 Å². The van der Waals surface area contributed by atoms with E-state index in [9.17, 15) is 18.3 Å². The van der Waals surface area contributed by atoms with Crippen LogP contribution in [-0.4, -0.2) is 62.9 Å². The van der Waals surface area contributed by atoms with E-state index in [1.165, 1.54) is 4.57 Å². The number of nitrogens with one attached hydrogen (secondary N) is 1. The van der Waals surface area contributed by atoms with Gasteiger partial charge in [0.2, 0.25) is 5.95 Å². The highest BCUT2D eigenvalue weighted by Gasteiger charge is 2.51. The van der Waals surface area contributed by atoms with Crippen molar-refractivity contribution in [1.29, 1.82) is 0 Å². The zero-order valence-electron chi connectivity index (χ0n) is 24.7. The van der Waals surface area contributed by atoms with Crippen LogP contribution in [0.15, 0.2) is 40.2 Å². The number of piperidine rings is 1. The number of sulfone groups is 1. The average Bonchev–Trinajstić information content (AvgIpc) is 3.27. The molecule has 3 heterocycles. The summed E-state index contributed by atoms with van der Waals surface area (Å²) >= 11 is 6.27. The van der Waals surface area contributed by atoms with Crippen LogP contribution in [0.3, 0.4) is 0 Å². The van der Waals surface area contributed by atoms with Gasteiger partial charge < -0.3 is 15.3 Å². The van der Waals surface area contributed by atoms with Crippen molar-refractivity contribution in [3.63, 3.8) is 0 Å². The largest absolute Gasteiger partial charge is 0.388 e. The van der Waals surface area contributed by atoms with Crippen LogP contribution < -0.4 is 10.9 Å². The van der Waals surface area contributed by atoms with Gasteiger partial charge in [0.05, 0.1) is 21.8 Å². The number of halogens is 1. The molecule has 1 aliphatic heterocycles. The minimum atomic E-state index is -3.43. The Kier molecular flexibility index (Phi) is 7.44. The number of anilines is 2. The van der Waals surface area contributed by atoms with Crippen molar-refractivity contribution < 1.29 is 13.5 Å². The molecule has 2 atom stereocenters. The van der Waals surface area contributed by atoms with E-state index in [2.05, 4.69) is 34.0 Å². The van der Waals surface area contributed by atoms with Gasteiger partial charge in [0, 0.05) is 23.3 Å². The van der Waals surface area contributed by atoms with E-state index in [-0.39, 0.29) is 21.6 Å². The standard InChI is InChI=1S/C31H40ClN5O4S/c1-19(2)36-12-10-31(11-13-36)16-23(17-31)42(40,41)22-7-8-25(20(3)14-22)34-29-33-18-21-15-24(32)28(38)37(27(21)35-29)26-6-5-9-30(26,4)39/h7-8,14-15,18-19,23,26,39H,5-6,9-13,16-17H2,1-4H3,(H,33,34,35)/t26-,30-/m1/s1. The minimum Gasteiger partial charge on any atom is -0.388 e. The van der Waals surface area contributed by atoms with E-state index >= 15 is 0 Å². The molecular weight excluding hydrogens is 574 g/mol. The number of aromatic nitrogens is 3. The number of hydrogen-bond acceptors (Lipinski definition) is 8. The van der Waals surface area contributed by atoms with Gasteiger partial charge in [-0.3, -0.25) is 9.36 Å². The third-order valence-corrected chi connectivity index (χ3v) is 12.4. The maximum absolute atomic E-state index is 13.5. The second-order valence-corrected chi connectivity index (χ2v) is 15.8. The van der Waals surface area contributed by atoms with Gasteiger partial charge in [0.15, 0.2) is 9.84 Å². The highest BCUT2D eigenvalue weighted by molar-refractivity contribution is 7.92. The molecule has 42 heavy (non-hydrogen) atoms. The summed E-state index contributed by atoms with van der Waals surface area (Å²) < 4.78 is 28.6. The SMILES string of the molecule is Cc1cc(S(=O)(=O)C2CC3(CCN(C(C)C)CC3)C2)ccc1Nc1ncc2cc(Cl)c(=O)n([C@@H]3CCC[C@@]3(C)O)c2n1. The van der Waals surface area contributed by atoms with Crippen molar-refractivity contribution in [3.8, 4) is 0 Å². The molecule has 3 aromatic rings. The summed E-state index contributed by atoms with van der Waals surface area (Å²) in [5.74, 6) is 0.267. The Morgan fingerprint density at radius 1 is 1.14 bits per heavy atom. The topological polar surface area (TPSA) is 117 Å². The molecule has 2 N–H and O–H groups in total. The number of fused-ring (bicyclic) bond motifs is 1. The summed E-state index contributed by atoms with van der Waals surface area (Å²) in [7, 11) is -3.43. The van der Waals surface area contributed by atoms with Crippen LogP contribution >= 0.6 is 11.6 Å². The lowest BCUT2D eigenvalue weighted by molar-refractivity contribution is 0.0246. The maximum Gasteiger partial charge on any atom is 0.271 e. The van der Waals surface area contributed by atoms with Gasteiger partial charge in [-0.2, -0.15) is 4.98 Å². The van der Waals surface area contributed by atoms with Crippen LogP contribution in [-0.2, 0) is 9.84 Å². The Morgan fingerprint density at radius 2 is 1.86 bits per heavy atom. The quantitative estimate of drug-likeness (QED) is 0.380. The second kappa shape index (κ2) is 10.6. The van der Waals surface area contributed by atoms with Crippen molar-refractivity contribution in [1.82, 2.24) is 19.4 Å². The fraction of sp³-hybridized carbons (Fsp3) is 0.581. The summed E-state index contributed by atoms with van der Waals surface area (Å²) in [5.41, 5.74) is 0.550. The smallest absolute Gasteiger partial charge is 0.271 e. The first kappa shape index (κ1) is 29.5. The first-order valence-electron chi connectivity index (χ1n) is 15.0. The molecule has 3 fully saturated rings. The molecule has 2 aromatic heterocycles. The predicted molar refractivity (Wildman–Crippen MR) is 165 cm³/mol. The molecule has 1 aromatic carbocycles. The zero-order valence-corrected chi connectivity index (χ0v) is 26.3. The lowest BCUT2D eigenvalue weighted by atomic mass is 9.63. The Balaban J connectivity index is 1.22. The molecule has 11 heteroatoms. The van der Waals surface area contributed by atoms with E-state index in [1.54, 1.807) is 37.4 Å². The van der Waals surface area contributed by atoms with Crippen LogP contribution in [0.4, 0.5) is 11.6 Å². The second-order valence-electron chi connectivity index (χ2n) is 13.2. The molecule has 0 amide bonds. The van der Waals surface area contributed by atoms with E-state index in [1.807, 2.05) is 6.92 Å². The Bertz CT molecular complexity index is 1690. The number of benzene rings is 1. The molecule has 0 radical (unpaired) electrons. The van der Waals surface area contributed by atoms with Crippen molar-refractivity contribution in [2.24, 2.45) is 5.41 Å². The number of aryl methyl sites for hydroxylation is 1. The summed E-state index contributed by atoms with van der Waals surface area (Å²) in [6.07, 6.45) is 7.25. The Hall–Kier alpha value is -2.53. The number of pyridine rings is 1. The third kappa shape index (κ3) is 5.14. The fourth-order valence-corrected chi connectivity index (χ4v) is 9.63. The van der Waals surface area contributed by atoms with E-state index < -0.39 is 27.0 Å². The van der Waals surface area contributed by atoms with Crippen LogP contribution in [0.25, 0.3) is 11.0 Å². The lowest BCUT2D eigenvalue weighted by Crippen LogP contribution is -2.52. The van der Waals surface area contributed by atoms with Crippen molar-refractivity contribution in [2.45, 2.75) is 100 Å². The highest BCUT2D eigenvalue weighted by atomic mass is 35.5. The molecule has 0 bridgehead atoms. The molecule has 2 aliphatic carbocycles. The number of rotatable bonds is 6. The van der Waals surface area contributed by atoms with Crippen LogP contribution in [0, 0.1) is 12.3 Å². The Morgan fingerprint density at radius 3 is 2.48 bits per heavy atom. The summed E-state index contributed by atoms with van der Waals surface area (Å²) in [6.45, 7) is 10.1. The minimum absolute atomic E-state index is 0.0561. The number of hydrogen-bond donors (Lipinski definition) is 2. The lowest BCUT2D eigenvalue weighted by Gasteiger charge is -2.52. The van der Waals surface area contributed by atoms with E-state index in [0.717, 1.165) is 50.8 Å². The average molecular weight is 614 g/mol. The van der Waals surface area contributed by atoms with Crippen LogP contribution in [0.2, 0.25) is 5.02 Å². The molecule has 3 aliphatic rings. The first-order valence-corrected chi connectivity index (χ1v) is 16.9. The predicted octanol–water partition coefficient (Wildman–Crippen LogP) is 5.40. The van der Waals surface area contributed by atoms with Crippen molar-refractivity contribution >= 4 is 44.1 Å². The summed E-state index contributed by atoms with van der Waals surface area (Å²) in [6, 6.07) is 6.76. The first-order chi connectivity index (χ1) is 19.8. The molecular formula is C31H40ClN5O4S. The third-order valence-electron chi connectivity index (χ3n) is 10.0. The maximum atomic E-state index is 13.5. The van der Waals surface area contributed by atoms with Gasteiger partial charge in [-0.05, 0) is 121 Å². The molecule has 1 spiro atoms. The van der Waals surface area contributed by atoms with Gasteiger partial charge in [0.1, 0.15) is 10.7 Å². The van der Waals surface area contributed by atoms with Gasteiger partial charge in [-0.25, -0.2) is 13.4 Å². The van der Waals surface area contributed by atoms with Crippen molar-refractivity contribution in [2.75, 3.05) is 18.4 Å². The van der Waals surface area contributed by atoms with E-state index in [0.29, 0.717) is 40.5 Å². The van der Waals surface area contributed by atoms with Gasteiger partial charge in [0.25, 0.3) is 5.56 Å². The number of aliphatic hydroxyl groups is 1. The molecule has 0 unspecified atom stereocenters. The van der Waals surface area contributed by atoms with Gasteiger partial charge in [-0.1, -0.05) is 11.6 Å². The van der Waals surface area contributed by atoms with Gasteiger partial charge in [-0.15, -0.1) is 0 Å². The molecule has 6 rings (SSSR count). The zero-order chi connectivity index (χ0) is 30.0. The molecule has 226 valence electrons. The summed E-state index contributed by atoms with van der Waals surface area (Å²) in [5, 5.41) is 14.5. The fourth-order valence-electron chi connectivity index (χ4n) is 7.29. The monoisotopic (exact) mass is 613 g/mol. The number of likely N-dealkylation sites (tertiary alicyclic amines) is 1. The Labute approximate surface area is 252 Å². The number of nitrogens with zero attached hydrogens (tertiary/aromatic N) is 4. The van der Waals surface area contributed by atoms with Crippen LogP contribution in [0.5, 0.6) is 0 Å². The normalized spacial score (nSPS) is 24.9. The molecule has 2 saturated carbocycles. The van der Waals surface area contributed by atoms with Gasteiger partial charge >= 0.3 is 0 Å². The van der Waals surface area contributed by atoms with E-state index in [4.69, 9.17) is 11.6 Å². The highest BCUT2D eigenvalue weighted by Crippen LogP contribution is 2.53. The molecule has 9 nitrogen and oxygen atoms in total. The molecule has 1 saturated heterocycles. The summed E-state index contributed by atoms with van der Waals surface area (Å²) in [4.78, 5) is 25.0. The van der Waals surface area contributed by atoms with Crippen molar-refractivity contribution in [3.05, 3.63) is 51.4 Å².